The summed E-state index contributed by atoms with van der Waals surface area (Å²) in [5.74, 6) is 1.00. The van der Waals surface area contributed by atoms with Crippen LogP contribution in [0.2, 0.25) is 0 Å². The molecule has 5 heteroatoms. The van der Waals surface area contributed by atoms with Crippen LogP contribution < -0.4 is 11.5 Å². The molecule has 0 aliphatic carbocycles. The van der Waals surface area contributed by atoms with Crippen LogP contribution in [0.5, 0.6) is 0 Å². The van der Waals surface area contributed by atoms with Crippen LogP contribution in [-0.4, -0.2) is 16.5 Å². The molecule has 1 heterocycles. The summed E-state index contributed by atoms with van der Waals surface area (Å²) in [6.45, 7) is 9.38. The van der Waals surface area contributed by atoms with Crippen LogP contribution >= 0.6 is 0 Å². The second-order valence-corrected chi connectivity index (χ2v) is 2.53. The van der Waals surface area contributed by atoms with Crippen molar-refractivity contribution in [3.8, 4) is 0 Å². The molecule has 0 aliphatic heterocycles. The molecule has 0 fully saturated rings. The monoisotopic (exact) mass is 209 g/mol. The van der Waals surface area contributed by atoms with Gasteiger partial charge < -0.3 is 11.5 Å². The van der Waals surface area contributed by atoms with Crippen LogP contribution in [0.3, 0.4) is 0 Å². The Morgan fingerprint density at radius 1 is 1.67 bits per heavy atom. The Bertz CT molecular complexity index is 338. The maximum atomic E-state index is 5.71. The standard InChI is InChI=1S/C8H13N5.C2H6/c1-3-4-7(10)13-8(11-2)6(9)5-12-13;1-2/h4-5H,2-3,9-10H2,1H3;1-2H3. The maximum Gasteiger partial charge on any atom is 0.179 e. The van der Waals surface area contributed by atoms with Crippen molar-refractivity contribution in [1.29, 1.82) is 0 Å². The number of hydrogen-bond acceptors (Lipinski definition) is 4. The number of hydrogen-bond donors (Lipinski definition) is 2. The summed E-state index contributed by atoms with van der Waals surface area (Å²) in [5, 5.41) is 3.97. The van der Waals surface area contributed by atoms with E-state index in [1.54, 1.807) is 0 Å². The normalized spacial score (nSPS) is 10.5. The van der Waals surface area contributed by atoms with E-state index < -0.39 is 0 Å². The highest BCUT2D eigenvalue weighted by Crippen LogP contribution is 2.22. The van der Waals surface area contributed by atoms with Crippen molar-refractivity contribution in [1.82, 2.24) is 9.78 Å². The fourth-order valence-corrected chi connectivity index (χ4v) is 0.997. The van der Waals surface area contributed by atoms with Gasteiger partial charge in [-0.05, 0) is 19.2 Å². The number of aliphatic imine (C=N–C) groups is 1. The maximum absolute atomic E-state index is 5.71. The molecule has 0 bridgehead atoms. The second-order valence-electron chi connectivity index (χ2n) is 2.53. The summed E-state index contributed by atoms with van der Waals surface area (Å²) in [7, 11) is 0. The Kier molecular flexibility index (Phi) is 5.85. The predicted molar refractivity (Wildman–Crippen MR) is 65.9 cm³/mol. The summed E-state index contributed by atoms with van der Waals surface area (Å²) in [4.78, 5) is 3.74. The summed E-state index contributed by atoms with van der Waals surface area (Å²) in [6, 6.07) is 0. The summed E-state index contributed by atoms with van der Waals surface area (Å²) < 4.78 is 1.46. The number of rotatable bonds is 3. The van der Waals surface area contributed by atoms with E-state index in [1.807, 2.05) is 26.8 Å². The van der Waals surface area contributed by atoms with Crippen LogP contribution in [0, 0.1) is 0 Å². The summed E-state index contributed by atoms with van der Waals surface area (Å²) >= 11 is 0. The Balaban J connectivity index is 0.000000921. The third-order valence-electron chi connectivity index (χ3n) is 1.58. The minimum Gasteiger partial charge on any atom is -0.394 e. The topological polar surface area (TPSA) is 82.2 Å². The lowest BCUT2D eigenvalue weighted by Gasteiger charge is -2.02. The van der Waals surface area contributed by atoms with Crippen molar-refractivity contribution in [2.75, 3.05) is 5.73 Å². The Hall–Kier alpha value is -1.78. The number of aromatic nitrogens is 2. The zero-order valence-corrected chi connectivity index (χ0v) is 9.57. The van der Waals surface area contributed by atoms with Gasteiger partial charge in [-0.2, -0.15) is 9.78 Å². The molecule has 0 atom stereocenters. The third kappa shape index (κ3) is 3.12. The van der Waals surface area contributed by atoms with Crippen molar-refractivity contribution in [3.63, 3.8) is 0 Å². The van der Waals surface area contributed by atoms with Crippen molar-refractivity contribution >= 4 is 24.0 Å². The van der Waals surface area contributed by atoms with Gasteiger partial charge in [0.25, 0.3) is 0 Å². The van der Waals surface area contributed by atoms with Crippen molar-refractivity contribution in [2.45, 2.75) is 27.2 Å². The van der Waals surface area contributed by atoms with Gasteiger partial charge in [-0.15, -0.1) is 0 Å². The van der Waals surface area contributed by atoms with Gasteiger partial charge >= 0.3 is 0 Å². The predicted octanol–water partition coefficient (Wildman–Crippen LogP) is 1.99. The molecule has 84 valence electrons. The molecule has 0 aliphatic rings. The number of nitrogens with two attached hydrogens (primary N) is 2. The molecule has 0 radical (unpaired) electrons. The zero-order valence-electron chi connectivity index (χ0n) is 9.57. The first-order chi connectivity index (χ1) is 7.20. The Morgan fingerprint density at radius 2 is 2.27 bits per heavy atom. The van der Waals surface area contributed by atoms with Crippen LogP contribution in [0.25, 0.3) is 5.82 Å². The molecular weight excluding hydrogens is 190 g/mol. The van der Waals surface area contributed by atoms with Crippen molar-refractivity contribution in [3.05, 3.63) is 12.3 Å². The molecule has 0 saturated carbocycles. The first-order valence-corrected chi connectivity index (χ1v) is 4.97. The van der Waals surface area contributed by atoms with E-state index >= 15 is 0 Å². The van der Waals surface area contributed by atoms with Gasteiger partial charge in [-0.3, -0.25) is 0 Å². The van der Waals surface area contributed by atoms with Gasteiger partial charge in [-0.1, -0.05) is 20.8 Å². The van der Waals surface area contributed by atoms with E-state index in [4.69, 9.17) is 11.5 Å². The fourth-order valence-electron chi connectivity index (χ4n) is 0.997. The first kappa shape index (κ1) is 13.2. The Morgan fingerprint density at radius 3 is 2.73 bits per heavy atom. The number of anilines is 1. The van der Waals surface area contributed by atoms with Crippen LogP contribution in [0.4, 0.5) is 11.5 Å². The fraction of sp³-hybridized carbons (Fsp3) is 0.400. The average Bonchev–Trinajstić information content (AvgIpc) is 2.63. The molecule has 0 unspecified atom stereocenters. The van der Waals surface area contributed by atoms with Gasteiger partial charge in [0, 0.05) is 0 Å². The number of nitrogen functional groups attached to an aromatic ring is 1. The molecule has 1 aromatic heterocycles. The molecule has 1 rings (SSSR count). The quantitative estimate of drug-likeness (QED) is 0.747. The zero-order chi connectivity index (χ0) is 11.8. The summed E-state index contributed by atoms with van der Waals surface area (Å²) in [6.07, 6.45) is 4.17. The smallest absolute Gasteiger partial charge is 0.179 e. The number of nitrogens with zero attached hydrogens (tertiary/aromatic N) is 3. The van der Waals surface area contributed by atoms with Gasteiger partial charge in [0.2, 0.25) is 0 Å². The van der Waals surface area contributed by atoms with Gasteiger partial charge in [0.1, 0.15) is 5.82 Å². The molecule has 0 saturated heterocycles. The average molecular weight is 209 g/mol. The molecular formula is C10H19N5. The highest BCUT2D eigenvalue weighted by atomic mass is 15.4. The highest BCUT2D eigenvalue weighted by Gasteiger charge is 2.06. The molecule has 0 aromatic carbocycles. The minimum absolute atomic E-state index is 0.474. The van der Waals surface area contributed by atoms with Crippen LogP contribution in [0.1, 0.15) is 27.2 Å². The van der Waals surface area contributed by atoms with E-state index in [0.29, 0.717) is 17.3 Å². The van der Waals surface area contributed by atoms with Crippen molar-refractivity contribution in [2.24, 2.45) is 10.7 Å². The molecule has 5 nitrogen and oxygen atoms in total. The SMILES string of the molecule is C=Nc1c(N)cnn1C(N)=CCC.CC. The second kappa shape index (κ2) is 6.64. The van der Waals surface area contributed by atoms with Crippen LogP contribution in [0.15, 0.2) is 17.3 Å². The molecule has 15 heavy (non-hydrogen) atoms. The van der Waals surface area contributed by atoms with E-state index in [9.17, 15) is 0 Å². The van der Waals surface area contributed by atoms with Gasteiger partial charge in [0.15, 0.2) is 5.82 Å². The van der Waals surface area contributed by atoms with E-state index in [1.165, 1.54) is 10.9 Å². The van der Waals surface area contributed by atoms with E-state index in [-0.39, 0.29) is 0 Å². The lowest BCUT2D eigenvalue weighted by atomic mass is 10.4. The van der Waals surface area contributed by atoms with Crippen molar-refractivity contribution < 1.29 is 0 Å². The van der Waals surface area contributed by atoms with Gasteiger partial charge in [-0.25, -0.2) is 4.99 Å². The van der Waals surface area contributed by atoms with Gasteiger partial charge in [0.05, 0.1) is 11.9 Å². The van der Waals surface area contributed by atoms with E-state index in [2.05, 4.69) is 16.8 Å². The van der Waals surface area contributed by atoms with Crippen LogP contribution in [-0.2, 0) is 0 Å². The van der Waals surface area contributed by atoms with E-state index in [0.717, 1.165) is 6.42 Å². The lowest BCUT2D eigenvalue weighted by molar-refractivity contribution is 0.882. The molecule has 0 spiro atoms. The largest absolute Gasteiger partial charge is 0.394 e. The molecule has 4 N–H and O–H groups in total. The summed E-state index contributed by atoms with van der Waals surface area (Å²) in [5.41, 5.74) is 11.8. The first-order valence-electron chi connectivity index (χ1n) is 4.97. The highest BCUT2D eigenvalue weighted by molar-refractivity contribution is 5.64. The lowest BCUT2D eigenvalue weighted by Crippen LogP contribution is -2.07. The third-order valence-corrected chi connectivity index (χ3v) is 1.58. The molecule has 1 aromatic rings. The number of allylic oxidation sites excluding steroid dienone is 1. The minimum atomic E-state index is 0.474. The molecule has 0 amide bonds. The Labute approximate surface area is 90.5 Å².